The van der Waals surface area contributed by atoms with Crippen molar-refractivity contribution in [2.45, 2.75) is 20.3 Å². The normalized spacial score (nSPS) is 12.2. The van der Waals surface area contributed by atoms with Crippen molar-refractivity contribution in [3.8, 4) is 45.3 Å². The summed E-state index contributed by atoms with van der Waals surface area (Å²) in [6.07, 6.45) is 0.496. The molecule has 5 nitrogen and oxygen atoms in total. The molecule has 1 N–H and O–H groups in total. The van der Waals surface area contributed by atoms with Crippen molar-refractivity contribution in [2.24, 2.45) is 0 Å². The summed E-state index contributed by atoms with van der Waals surface area (Å²) >= 11 is 0. The van der Waals surface area contributed by atoms with Gasteiger partial charge in [-0.2, -0.15) is 0 Å². The predicted molar refractivity (Wildman–Crippen MR) is 117 cm³/mol. The molecular weight excluding hydrogens is 380 g/mol. The number of ether oxygens (including phenoxy) is 4. The van der Waals surface area contributed by atoms with Gasteiger partial charge in [0.15, 0.2) is 11.5 Å². The summed E-state index contributed by atoms with van der Waals surface area (Å²) in [5, 5.41) is 9.58. The molecule has 0 spiro atoms. The van der Waals surface area contributed by atoms with E-state index < -0.39 is 0 Å². The van der Waals surface area contributed by atoms with E-state index in [1.807, 2.05) is 38.1 Å². The number of benzene rings is 3. The van der Waals surface area contributed by atoms with Crippen molar-refractivity contribution in [1.82, 2.24) is 0 Å². The van der Waals surface area contributed by atoms with E-state index in [2.05, 4.69) is 18.2 Å². The molecule has 1 heterocycles. The van der Waals surface area contributed by atoms with Gasteiger partial charge < -0.3 is 24.1 Å². The van der Waals surface area contributed by atoms with Gasteiger partial charge in [0.2, 0.25) is 6.79 Å². The first-order chi connectivity index (χ1) is 14.6. The lowest BCUT2D eigenvalue weighted by atomic mass is 9.89. The first-order valence-corrected chi connectivity index (χ1v) is 9.93. The highest BCUT2D eigenvalue weighted by molar-refractivity contribution is 5.91. The number of aliphatic hydroxyl groups excluding tert-OH is 1. The van der Waals surface area contributed by atoms with Gasteiger partial charge in [0, 0.05) is 17.7 Å². The Hall–Kier alpha value is -3.18. The summed E-state index contributed by atoms with van der Waals surface area (Å²) in [6.45, 7) is 4.26. The van der Waals surface area contributed by atoms with Crippen LogP contribution in [-0.4, -0.2) is 32.7 Å². The Kier molecular flexibility index (Phi) is 5.55. The number of rotatable bonds is 6. The fraction of sp³-hybridized carbons (Fsp3) is 0.280. The molecular formula is C25H26O5. The SMILES string of the molecule is COc1ccc(-c2cc(CCO)c3c(c2-c2ccc(OC)c(C)c2)OCO3)cc1C. The lowest BCUT2D eigenvalue weighted by Crippen LogP contribution is -1.97. The molecule has 0 amide bonds. The summed E-state index contributed by atoms with van der Waals surface area (Å²) in [5.74, 6) is 3.11. The number of hydrogen-bond donors (Lipinski definition) is 1. The first kappa shape index (κ1) is 20.1. The largest absolute Gasteiger partial charge is 0.496 e. The third-order valence-corrected chi connectivity index (χ3v) is 5.49. The second-order valence-electron chi connectivity index (χ2n) is 7.37. The summed E-state index contributed by atoms with van der Waals surface area (Å²) in [7, 11) is 3.35. The van der Waals surface area contributed by atoms with Gasteiger partial charge in [0.05, 0.1) is 14.2 Å². The van der Waals surface area contributed by atoms with E-state index in [9.17, 15) is 5.11 Å². The minimum Gasteiger partial charge on any atom is -0.496 e. The Morgan fingerprint density at radius 1 is 0.833 bits per heavy atom. The van der Waals surface area contributed by atoms with Gasteiger partial charge in [-0.25, -0.2) is 0 Å². The Morgan fingerprint density at radius 3 is 2.03 bits per heavy atom. The molecule has 0 radical (unpaired) electrons. The maximum Gasteiger partial charge on any atom is 0.231 e. The molecule has 0 saturated heterocycles. The number of fused-ring (bicyclic) bond motifs is 1. The Labute approximate surface area is 176 Å². The summed E-state index contributed by atoms with van der Waals surface area (Å²) in [6, 6.07) is 14.3. The number of aryl methyl sites for hydroxylation is 2. The highest BCUT2D eigenvalue weighted by atomic mass is 16.7. The first-order valence-electron chi connectivity index (χ1n) is 9.93. The topological polar surface area (TPSA) is 57.2 Å². The van der Waals surface area contributed by atoms with Crippen molar-refractivity contribution in [2.75, 3.05) is 27.6 Å². The van der Waals surface area contributed by atoms with Crippen LogP contribution < -0.4 is 18.9 Å². The van der Waals surface area contributed by atoms with Gasteiger partial charge in [0.1, 0.15) is 11.5 Å². The maximum atomic E-state index is 9.58. The van der Waals surface area contributed by atoms with Crippen LogP contribution in [0, 0.1) is 13.8 Å². The minimum absolute atomic E-state index is 0.0396. The molecule has 0 saturated carbocycles. The van der Waals surface area contributed by atoms with E-state index in [0.717, 1.165) is 50.4 Å². The van der Waals surface area contributed by atoms with Crippen LogP contribution in [0.1, 0.15) is 16.7 Å². The van der Waals surface area contributed by atoms with Crippen LogP contribution in [0.4, 0.5) is 0 Å². The summed E-state index contributed by atoms with van der Waals surface area (Å²) < 4.78 is 22.6. The Bertz CT molecular complexity index is 1090. The van der Waals surface area contributed by atoms with Crippen LogP contribution in [0.5, 0.6) is 23.0 Å². The number of hydrogen-bond acceptors (Lipinski definition) is 5. The minimum atomic E-state index is 0.0396. The second-order valence-corrected chi connectivity index (χ2v) is 7.37. The molecule has 3 aromatic carbocycles. The van der Waals surface area contributed by atoms with Gasteiger partial charge in [-0.15, -0.1) is 0 Å². The van der Waals surface area contributed by atoms with E-state index in [1.54, 1.807) is 14.2 Å². The van der Waals surface area contributed by atoms with Crippen LogP contribution in [0.25, 0.3) is 22.3 Å². The van der Waals surface area contributed by atoms with Crippen molar-refractivity contribution >= 4 is 0 Å². The molecule has 1 aliphatic rings. The number of methoxy groups -OCH3 is 2. The van der Waals surface area contributed by atoms with Crippen LogP contribution in [0.2, 0.25) is 0 Å². The number of aliphatic hydroxyl groups is 1. The van der Waals surface area contributed by atoms with Crippen LogP contribution in [0.3, 0.4) is 0 Å². The molecule has 0 unspecified atom stereocenters. The molecule has 0 bridgehead atoms. The molecule has 0 atom stereocenters. The van der Waals surface area contributed by atoms with Gasteiger partial charge in [-0.1, -0.05) is 12.1 Å². The van der Waals surface area contributed by atoms with E-state index in [1.165, 1.54) is 0 Å². The molecule has 0 fully saturated rings. The third kappa shape index (κ3) is 3.46. The molecule has 0 aromatic heterocycles. The fourth-order valence-electron chi connectivity index (χ4n) is 4.04. The molecule has 1 aliphatic heterocycles. The molecule has 156 valence electrons. The zero-order valence-corrected chi connectivity index (χ0v) is 17.7. The van der Waals surface area contributed by atoms with Gasteiger partial charge >= 0.3 is 0 Å². The highest BCUT2D eigenvalue weighted by Crippen LogP contribution is 2.50. The standard InChI is InChI=1S/C25H26O5/c1-15-11-17(5-7-21(15)27-3)20-13-19(9-10-26)24-25(30-14-29-24)23(20)18-6-8-22(28-4)16(2)12-18/h5-8,11-13,26H,9-10,14H2,1-4H3. The lowest BCUT2D eigenvalue weighted by Gasteiger charge is -2.18. The molecule has 0 aliphatic carbocycles. The predicted octanol–water partition coefficient (Wildman–Crippen LogP) is 4.92. The van der Waals surface area contributed by atoms with Gasteiger partial charge in [-0.3, -0.25) is 0 Å². The Morgan fingerprint density at radius 2 is 1.43 bits per heavy atom. The Balaban J connectivity index is 1.99. The highest BCUT2D eigenvalue weighted by Gasteiger charge is 2.27. The van der Waals surface area contributed by atoms with Crippen LogP contribution in [0.15, 0.2) is 42.5 Å². The van der Waals surface area contributed by atoms with Crippen molar-refractivity contribution in [3.05, 3.63) is 59.2 Å². The van der Waals surface area contributed by atoms with Crippen molar-refractivity contribution in [3.63, 3.8) is 0 Å². The summed E-state index contributed by atoms with van der Waals surface area (Å²) in [4.78, 5) is 0. The van der Waals surface area contributed by atoms with E-state index in [4.69, 9.17) is 18.9 Å². The monoisotopic (exact) mass is 406 g/mol. The van der Waals surface area contributed by atoms with E-state index in [0.29, 0.717) is 17.9 Å². The van der Waals surface area contributed by atoms with Crippen molar-refractivity contribution < 1.29 is 24.1 Å². The van der Waals surface area contributed by atoms with Crippen LogP contribution >= 0.6 is 0 Å². The average molecular weight is 406 g/mol. The van der Waals surface area contributed by atoms with Crippen molar-refractivity contribution in [1.29, 1.82) is 0 Å². The van der Waals surface area contributed by atoms with Gasteiger partial charge in [0.25, 0.3) is 0 Å². The lowest BCUT2D eigenvalue weighted by molar-refractivity contribution is 0.173. The van der Waals surface area contributed by atoms with Crippen LogP contribution in [-0.2, 0) is 6.42 Å². The molecule has 4 rings (SSSR count). The third-order valence-electron chi connectivity index (χ3n) is 5.49. The zero-order chi connectivity index (χ0) is 21.3. The quantitative estimate of drug-likeness (QED) is 0.630. The average Bonchev–Trinajstić information content (AvgIpc) is 3.23. The zero-order valence-electron chi connectivity index (χ0n) is 17.7. The second kappa shape index (κ2) is 8.28. The maximum absolute atomic E-state index is 9.58. The fourth-order valence-corrected chi connectivity index (χ4v) is 4.04. The summed E-state index contributed by atoms with van der Waals surface area (Å²) in [5.41, 5.74) is 7.09. The molecule has 3 aromatic rings. The molecule has 5 heteroatoms. The smallest absolute Gasteiger partial charge is 0.231 e. The molecule has 30 heavy (non-hydrogen) atoms. The van der Waals surface area contributed by atoms with Gasteiger partial charge in [-0.05, 0) is 78.4 Å². The van der Waals surface area contributed by atoms with E-state index in [-0.39, 0.29) is 13.4 Å². The van der Waals surface area contributed by atoms with E-state index >= 15 is 0 Å².